The first-order valence-electron chi connectivity index (χ1n) is 8.17. The van der Waals surface area contributed by atoms with Gasteiger partial charge in [-0.15, -0.1) is 0 Å². The molecular weight excluding hydrogens is 357 g/mol. The van der Waals surface area contributed by atoms with Gasteiger partial charge in [-0.05, 0) is 29.8 Å². The molecule has 5 nitrogen and oxygen atoms in total. The molecule has 0 unspecified atom stereocenters. The van der Waals surface area contributed by atoms with Gasteiger partial charge in [-0.2, -0.15) is 18.3 Å². The summed E-state index contributed by atoms with van der Waals surface area (Å²) in [5, 5.41) is 13.0. The summed E-state index contributed by atoms with van der Waals surface area (Å²) in [4.78, 5) is 7.71. The number of hydrogen-bond donors (Lipinski definition) is 2. The van der Waals surface area contributed by atoms with Crippen molar-refractivity contribution in [1.82, 2.24) is 19.7 Å². The highest BCUT2D eigenvalue weighted by Gasteiger charge is 2.34. The molecule has 138 valence electrons. The lowest BCUT2D eigenvalue weighted by atomic mass is 10.1. The van der Waals surface area contributed by atoms with Crippen molar-refractivity contribution in [3.8, 4) is 22.6 Å². The minimum Gasteiger partial charge on any atom is -0.392 e. The van der Waals surface area contributed by atoms with E-state index in [0.29, 0.717) is 11.2 Å². The van der Waals surface area contributed by atoms with Crippen LogP contribution >= 0.6 is 0 Å². The Hall–Kier alpha value is -3.13. The standard InChI is InChI=1S/C19H15F3N4O/c1-26-17(9-18(25-26)19(20,21)22)14-7-6-13-16(24-14)8-15(23-13)12-5-3-2-4-11(12)10-27/h2-9,23,27H,10H2,1H3. The number of fused-ring (bicyclic) bond motifs is 1. The van der Waals surface area contributed by atoms with Gasteiger partial charge in [-0.1, -0.05) is 24.3 Å². The van der Waals surface area contributed by atoms with E-state index in [-0.39, 0.29) is 12.3 Å². The molecule has 27 heavy (non-hydrogen) atoms. The summed E-state index contributed by atoms with van der Waals surface area (Å²) in [6, 6.07) is 13.6. The lowest BCUT2D eigenvalue weighted by Crippen LogP contribution is -2.06. The molecule has 1 aromatic carbocycles. The number of aryl methyl sites for hydroxylation is 1. The summed E-state index contributed by atoms with van der Waals surface area (Å²) < 4.78 is 39.8. The van der Waals surface area contributed by atoms with Crippen molar-refractivity contribution in [2.24, 2.45) is 7.05 Å². The molecule has 0 bridgehead atoms. The molecule has 0 aliphatic heterocycles. The van der Waals surface area contributed by atoms with Crippen LogP contribution in [-0.4, -0.2) is 24.9 Å². The number of aromatic nitrogens is 4. The van der Waals surface area contributed by atoms with Crippen LogP contribution in [0.2, 0.25) is 0 Å². The molecular formula is C19H15F3N4O. The Morgan fingerprint density at radius 2 is 1.89 bits per heavy atom. The van der Waals surface area contributed by atoms with Crippen molar-refractivity contribution in [3.63, 3.8) is 0 Å². The molecule has 0 aliphatic carbocycles. The van der Waals surface area contributed by atoms with Crippen LogP contribution in [-0.2, 0) is 19.8 Å². The van der Waals surface area contributed by atoms with E-state index >= 15 is 0 Å². The van der Waals surface area contributed by atoms with Crippen LogP contribution in [0.1, 0.15) is 11.3 Å². The third kappa shape index (κ3) is 3.08. The van der Waals surface area contributed by atoms with E-state index in [9.17, 15) is 18.3 Å². The fourth-order valence-electron chi connectivity index (χ4n) is 3.06. The maximum absolute atomic E-state index is 12.9. The van der Waals surface area contributed by atoms with Gasteiger partial charge in [0.25, 0.3) is 0 Å². The Kier molecular flexibility index (Phi) is 4.00. The molecule has 0 saturated heterocycles. The first-order valence-corrected chi connectivity index (χ1v) is 8.17. The lowest BCUT2D eigenvalue weighted by molar-refractivity contribution is -0.141. The Morgan fingerprint density at radius 1 is 1.11 bits per heavy atom. The fourth-order valence-corrected chi connectivity index (χ4v) is 3.06. The second-order valence-electron chi connectivity index (χ2n) is 6.16. The Morgan fingerprint density at radius 3 is 2.59 bits per heavy atom. The summed E-state index contributed by atoms with van der Waals surface area (Å²) in [6.07, 6.45) is -4.50. The number of pyridine rings is 1. The van der Waals surface area contributed by atoms with Crippen LogP contribution in [0.3, 0.4) is 0 Å². The number of nitrogens with one attached hydrogen (secondary N) is 1. The van der Waals surface area contributed by atoms with E-state index in [4.69, 9.17) is 0 Å². The predicted molar refractivity (Wildman–Crippen MR) is 94.7 cm³/mol. The van der Waals surface area contributed by atoms with E-state index in [0.717, 1.165) is 28.4 Å². The van der Waals surface area contributed by atoms with Gasteiger partial charge in [0.05, 0.1) is 29.0 Å². The number of aliphatic hydroxyl groups is 1. The number of alkyl halides is 3. The summed E-state index contributed by atoms with van der Waals surface area (Å²) in [5.41, 5.74) is 3.49. The van der Waals surface area contributed by atoms with Gasteiger partial charge in [-0.3, -0.25) is 4.68 Å². The number of H-pyrrole nitrogens is 1. The van der Waals surface area contributed by atoms with E-state index in [2.05, 4.69) is 15.1 Å². The van der Waals surface area contributed by atoms with Gasteiger partial charge in [0.15, 0.2) is 5.69 Å². The summed E-state index contributed by atoms with van der Waals surface area (Å²) in [7, 11) is 1.45. The first kappa shape index (κ1) is 17.3. The van der Waals surface area contributed by atoms with E-state index in [1.54, 1.807) is 12.1 Å². The SMILES string of the molecule is Cn1nc(C(F)(F)F)cc1-c1ccc2[nH]c(-c3ccccc3CO)cc2n1. The zero-order chi connectivity index (χ0) is 19.2. The zero-order valence-corrected chi connectivity index (χ0v) is 14.2. The van der Waals surface area contributed by atoms with E-state index in [1.165, 1.54) is 11.7 Å². The first-order chi connectivity index (χ1) is 12.9. The second-order valence-corrected chi connectivity index (χ2v) is 6.16. The number of rotatable bonds is 3. The largest absolute Gasteiger partial charge is 0.435 e. The van der Waals surface area contributed by atoms with Crippen molar-refractivity contribution >= 4 is 11.0 Å². The smallest absolute Gasteiger partial charge is 0.392 e. The Labute approximate surface area is 152 Å². The average Bonchev–Trinajstić information content (AvgIpc) is 3.24. The number of halogens is 3. The molecule has 4 rings (SSSR count). The molecule has 0 atom stereocenters. The van der Waals surface area contributed by atoms with Gasteiger partial charge in [0, 0.05) is 18.3 Å². The average molecular weight is 372 g/mol. The molecule has 0 spiro atoms. The van der Waals surface area contributed by atoms with Crippen molar-refractivity contribution in [2.75, 3.05) is 0 Å². The highest BCUT2D eigenvalue weighted by atomic mass is 19.4. The monoisotopic (exact) mass is 372 g/mol. The highest BCUT2D eigenvalue weighted by molar-refractivity contribution is 5.85. The van der Waals surface area contributed by atoms with E-state index < -0.39 is 11.9 Å². The molecule has 2 N–H and O–H groups in total. The minimum absolute atomic E-state index is 0.0978. The normalized spacial score (nSPS) is 12.0. The van der Waals surface area contributed by atoms with Crippen LogP contribution in [0.15, 0.2) is 48.5 Å². The molecule has 0 fully saturated rings. The van der Waals surface area contributed by atoms with Crippen molar-refractivity contribution in [2.45, 2.75) is 12.8 Å². The maximum Gasteiger partial charge on any atom is 0.435 e. The maximum atomic E-state index is 12.9. The minimum atomic E-state index is -4.50. The quantitative estimate of drug-likeness (QED) is 0.568. The fraction of sp³-hybridized carbons (Fsp3) is 0.158. The van der Waals surface area contributed by atoms with Gasteiger partial charge < -0.3 is 10.1 Å². The molecule has 3 heterocycles. The number of benzene rings is 1. The summed E-state index contributed by atoms with van der Waals surface area (Å²) in [6.45, 7) is -0.0978. The van der Waals surface area contributed by atoms with Crippen LogP contribution in [0.4, 0.5) is 13.2 Å². The molecule has 8 heteroatoms. The third-order valence-corrected chi connectivity index (χ3v) is 4.39. The van der Waals surface area contributed by atoms with Gasteiger partial charge >= 0.3 is 6.18 Å². The number of aliphatic hydroxyl groups excluding tert-OH is 1. The van der Waals surface area contributed by atoms with E-state index in [1.807, 2.05) is 30.3 Å². The molecule has 0 aliphatic rings. The predicted octanol–water partition coefficient (Wildman–Crippen LogP) is 4.14. The van der Waals surface area contributed by atoms with Crippen LogP contribution < -0.4 is 0 Å². The second kappa shape index (κ2) is 6.24. The van der Waals surface area contributed by atoms with Crippen molar-refractivity contribution in [3.05, 3.63) is 59.8 Å². The highest BCUT2D eigenvalue weighted by Crippen LogP contribution is 2.32. The van der Waals surface area contributed by atoms with Crippen molar-refractivity contribution < 1.29 is 18.3 Å². The van der Waals surface area contributed by atoms with Gasteiger partial charge in [-0.25, -0.2) is 4.98 Å². The molecule has 0 radical (unpaired) electrons. The lowest BCUT2D eigenvalue weighted by Gasteiger charge is -2.04. The molecule has 3 aromatic heterocycles. The third-order valence-electron chi connectivity index (χ3n) is 4.39. The van der Waals surface area contributed by atoms with Gasteiger partial charge in [0.2, 0.25) is 0 Å². The Bertz CT molecular complexity index is 1130. The Balaban J connectivity index is 1.79. The van der Waals surface area contributed by atoms with Crippen LogP contribution in [0.25, 0.3) is 33.7 Å². The van der Waals surface area contributed by atoms with Gasteiger partial charge in [0.1, 0.15) is 0 Å². The van der Waals surface area contributed by atoms with Crippen LogP contribution in [0.5, 0.6) is 0 Å². The number of aromatic amines is 1. The molecule has 0 saturated carbocycles. The topological polar surface area (TPSA) is 66.7 Å². The van der Waals surface area contributed by atoms with Crippen LogP contribution in [0, 0.1) is 0 Å². The summed E-state index contributed by atoms with van der Waals surface area (Å²) in [5.74, 6) is 0. The number of nitrogens with zero attached hydrogens (tertiary/aromatic N) is 3. The van der Waals surface area contributed by atoms with Crippen molar-refractivity contribution in [1.29, 1.82) is 0 Å². The molecule has 4 aromatic rings. The summed E-state index contributed by atoms with van der Waals surface area (Å²) >= 11 is 0. The molecule has 0 amide bonds. The zero-order valence-electron chi connectivity index (χ0n) is 14.2. The number of hydrogen-bond acceptors (Lipinski definition) is 3.